The number of amides is 2. The summed E-state index contributed by atoms with van der Waals surface area (Å²) in [6.07, 6.45) is 5.87. The molecule has 0 bridgehead atoms. The van der Waals surface area contributed by atoms with Gasteiger partial charge in [0, 0.05) is 49.6 Å². The first-order valence-electron chi connectivity index (χ1n) is 10.2. The largest absolute Gasteiger partial charge is 0.494 e. The Hall–Kier alpha value is -3.09. The number of nitrogens with zero attached hydrogens (tertiary/aromatic N) is 2. The molecule has 7 heteroatoms. The van der Waals surface area contributed by atoms with E-state index in [1.807, 2.05) is 24.5 Å². The van der Waals surface area contributed by atoms with Gasteiger partial charge in [-0.1, -0.05) is 13.3 Å². The van der Waals surface area contributed by atoms with Crippen LogP contribution >= 0.6 is 0 Å². The Morgan fingerprint density at radius 3 is 2.38 bits per heavy atom. The Morgan fingerprint density at radius 2 is 1.72 bits per heavy atom. The third kappa shape index (κ3) is 5.94. The highest BCUT2D eigenvalue weighted by atomic mass is 16.5. The molecule has 0 unspecified atom stereocenters. The average Bonchev–Trinajstić information content (AvgIpc) is 2.78. The normalized spacial score (nSPS) is 13.8. The molecule has 0 atom stereocenters. The predicted molar refractivity (Wildman–Crippen MR) is 111 cm³/mol. The highest BCUT2D eigenvalue weighted by molar-refractivity contribution is 5.96. The molecular formula is C22H29N4O3+. The van der Waals surface area contributed by atoms with Crippen molar-refractivity contribution in [3.63, 3.8) is 0 Å². The summed E-state index contributed by atoms with van der Waals surface area (Å²) in [5, 5.41) is 2.72. The minimum atomic E-state index is -0.252. The lowest BCUT2D eigenvalue weighted by Crippen LogP contribution is -2.51. The van der Waals surface area contributed by atoms with Crippen LogP contribution in [0.1, 0.15) is 30.1 Å². The highest BCUT2D eigenvalue weighted by Crippen LogP contribution is 2.14. The van der Waals surface area contributed by atoms with E-state index in [4.69, 9.17) is 4.74 Å². The zero-order chi connectivity index (χ0) is 20.5. The lowest BCUT2D eigenvalue weighted by atomic mass is 10.2. The second-order valence-corrected chi connectivity index (χ2v) is 7.04. The third-order valence-electron chi connectivity index (χ3n) is 4.98. The number of piperazine rings is 1. The summed E-state index contributed by atoms with van der Waals surface area (Å²) in [5.41, 5.74) is 1.66. The second kappa shape index (κ2) is 10.5. The van der Waals surface area contributed by atoms with E-state index in [9.17, 15) is 9.59 Å². The summed E-state index contributed by atoms with van der Waals surface area (Å²) < 4.78 is 5.60. The van der Waals surface area contributed by atoms with Crippen LogP contribution in [0.15, 0.2) is 48.8 Å². The second-order valence-electron chi connectivity index (χ2n) is 7.04. The molecule has 1 aromatic heterocycles. The van der Waals surface area contributed by atoms with Crippen LogP contribution in [0.25, 0.3) is 0 Å². The fourth-order valence-corrected chi connectivity index (χ4v) is 3.21. The van der Waals surface area contributed by atoms with Crippen LogP contribution in [-0.4, -0.2) is 56.0 Å². The van der Waals surface area contributed by atoms with Crippen molar-refractivity contribution in [1.29, 1.82) is 0 Å². The molecule has 1 aliphatic rings. The summed E-state index contributed by atoms with van der Waals surface area (Å²) in [4.78, 5) is 31.8. The fourth-order valence-electron chi connectivity index (χ4n) is 3.21. The van der Waals surface area contributed by atoms with Gasteiger partial charge in [-0.25, -0.2) is 4.98 Å². The molecule has 3 rings (SSSR count). The number of pyridine rings is 1. The Kier molecular flexibility index (Phi) is 7.44. The molecule has 2 aromatic rings. The molecule has 1 aliphatic heterocycles. The van der Waals surface area contributed by atoms with E-state index >= 15 is 0 Å². The Bertz CT molecular complexity index is 787. The molecule has 7 nitrogen and oxygen atoms in total. The first-order chi connectivity index (χ1) is 14.2. The minimum absolute atomic E-state index is 0.00782. The number of rotatable bonds is 8. The lowest BCUT2D eigenvalue weighted by Gasteiger charge is -2.35. The number of carbonyl (C=O) groups is 2. The SMILES string of the molecule is CCCCOc1ccc(C(=O)NCC(=O)N2CCN(c3cc[nH+]cc3)CC2)cc1. The summed E-state index contributed by atoms with van der Waals surface area (Å²) >= 11 is 0. The molecule has 2 N–H and O–H groups in total. The highest BCUT2D eigenvalue weighted by Gasteiger charge is 2.21. The maximum absolute atomic E-state index is 12.4. The number of anilines is 1. The van der Waals surface area contributed by atoms with Gasteiger partial charge in [-0.15, -0.1) is 0 Å². The van der Waals surface area contributed by atoms with Crippen LogP contribution in [0.5, 0.6) is 5.75 Å². The number of carbonyl (C=O) groups excluding carboxylic acids is 2. The smallest absolute Gasteiger partial charge is 0.251 e. The van der Waals surface area contributed by atoms with Gasteiger partial charge in [0.25, 0.3) is 5.91 Å². The zero-order valence-electron chi connectivity index (χ0n) is 16.9. The molecule has 154 valence electrons. The van der Waals surface area contributed by atoms with E-state index in [1.54, 1.807) is 29.2 Å². The van der Waals surface area contributed by atoms with Crippen LogP contribution in [0.2, 0.25) is 0 Å². The van der Waals surface area contributed by atoms with E-state index in [0.29, 0.717) is 25.3 Å². The van der Waals surface area contributed by atoms with Crippen molar-refractivity contribution in [2.45, 2.75) is 19.8 Å². The molecule has 29 heavy (non-hydrogen) atoms. The van der Waals surface area contributed by atoms with Crippen LogP contribution in [0.4, 0.5) is 5.69 Å². The number of ether oxygens (including phenoxy) is 1. The standard InChI is InChI=1S/C22H28N4O3/c1-2-3-16-29-20-6-4-18(5-7-20)22(28)24-17-21(27)26-14-12-25(13-15-26)19-8-10-23-11-9-19/h4-11H,2-3,12-17H2,1H3,(H,24,28)/p+1. The summed E-state index contributed by atoms with van der Waals surface area (Å²) in [6.45, 7) is 5.65. The van der Waals surface area contributed by atoms with Crippen molar-refractivity contribution < 1.29 is 19.3 Å². The molecule has 0 aliphatic carbocycles. The molecule has 1 fully saturated rings. The lowest BCUT2D eigenvalue weighted by molar-refractivity contribution is -0.377. The van der Waals surface area contributed by atoms with E-state index in [1.165, 1.54) is 0 Å². The number of aromatic amines is 1. The van der Waals surface area contributed by atoms with Crippen molar-refractivity contribution in [2.75, 3.05) is 44.2 Å². The van der Waals surface area contributed by atoms with Crippen molar-refractivity contribution in [2.24, 2.45) is 0 Å². The van der Waals surface area contributed by atoms with Crippen molar-refractivity contribution in [1.82, 2.24) is 10.2 Å². The maximum atomic E-state index is 12.4. The van der Waals surface area contributed by atoms with E-state index in [-0.39, 0.29) is 18.4 Å². The number of hydrogen-bond acceptors (Lipinski definition) is 4. The van der Waals surface area contributed by atoms with Gasteiger partial charge < -0.3 is 19.9 Å². The molecule has 0 spiro atoms. The molecule has 1 saturated heterocycles. The number of aromatic nitrogens is 1. The Morgan fingerprint density at radius 1 is 1.03 bits per heavy atom. The van der Waals surface area contributed by atoms with Crippen molar-refractivity contribution >= 4 is 17.5 Å². The molecule has 0 saturated carbocycles. The van der Waals surface area contributed by atoms with E-state index < -0.39 is 0 Å². The first kappa shape index (κ1) is 20.6. The molecule has 0 radical (unpaired) electrons. The van der Waals surface area contributed by atoms with Gasteiger partial charge in [-0.05, 0) is 30.7 Å². The first-order valence-corrected chi connectivity index (χ1v) is 10.2. The maximum Gasteiger partial charge on any atom is 0.251 e. The number of benzene rings is 1. The van der Waals surface area contributed by atoms with Crippen LogP contribution in [0.3, 0.4) is 0 Å². The summed E-state index contributed by atoms with van der Waals surface area (Å²) in [7, 11) is 0. The Labute approximate surface area is 171 Å². The quantitative estimate of drug-likeness (QED) is 0.689. The van der Waals surface area contributed by atoms with Gasteiger partial charge >= 0.3 is 0 Å². The number of nitrogens with one attached hydrogen (secondary N) is 2. The van der Waals surface area contributed by atoms with Gasteiger partial charge in [0.2, 0.25) is 5.91 Å². The van der Waals surface area contributed by atoms with E-state index in [0.717, 1.165) is 37.4 Å². The van der Waals surface area contributed by atoms with Gasteiger partial charge in [-0.2, -0.15) is 0 Å². The van der Waals surface area contributed by atoms with Crippen LogP contribution < -0.4 is 19.9 Å². The van der Waals surface area contributed by atoms with Crippen molar-refractivity contribution in [3.05, 3.63) is 54.4 Å². The third-order valence-corrected chi connectivity index (χ3v) is 4.98. The number of unbranched alkanes of at least 4 members (excludes halogenated alkanes) is 1. The Balaban J connectivity index is 1.41. The van der Waals surface area contributed by atoms with Gasteiger partial charge in [0.05, 0.1) is 13.2 Å². The van der Waals surface area contributed by atoms with E-state index in [2.05, 4.69) is 22.1 Å². The van der Waals surface area contributed by atoms with Gasteiger partial charge in [0.15, 0.2) is 12.4 Å². The number of hydrogen-bond donors (Lipinski definition) is 1. The summed E-state index contributed by atoms with van der Waals surface area (Å²) in [6, 6.07) is 11.1. The minimum Gasteiger partial charge on any atom is -0.494 e. The van der Waals surface area contributed by atoms with Crippen LogP contribution in [0, 0.1) is 0 Å². The van der Waals surface area contributed by atoms with Gasteiger partial charge in [0.1, 0.15) is 5.75 Å². The molecule has 1 aromatic carbocycles. The van der Waals surface area contributed by atoms with Crippen LogP contribution in [-0.2, 0) is 4.79 Å². The van der Waals surface area contributed by atoms with Crippen molar-refractivity contribution in [3.8, 4) is 5.75 Å². The fraction of sp³-hybridized carbons (Fsp3) is 0.409. The average molecular weight is 397 g/mol. The molecule has 2 amide bonds. The topological polar surface area (TPSA) is 76.0 Å². The zero-order valence-corrected chi connectivity index (χ0v) is 16.9. The predicted octanol–water partition coefficient (Wildman–Crippen LogP) is 1.76. The monoisotopic (exact) mass is 397 g/mol. The number of H-pyrrole nitrogens is 1. The molecule has 2 heterocycles. The molecular weight excluding hydrogens is 368 g/mol. The van der Waals surface area contributed by atoms with Gasteiger partial charge in [-0.3, -0.25) is 9.59 Å². The summed E-state index contributed by atoms with van der Waals surface area (Å²) in [5.74, 6) is 0.441.